The van der Waals surface area contributed by atoms with Crippen molar-refractivity contribution in [3.8, 4) is 5.75 Å². The van der Waals surface area contributed by atoms with Crippen LogP contribution >= 0.6 is 0 Å². The van der Waals surface area contributed by atoms with Gasteiger partial charge in [-0.25, -0.2) is 0 Å². The third-order valence-electron chi connectivity index (χ3n) is 4.07. The molecule has 21 heavy (non-hydrogen) atoms. The van der Waals surface area contributed by atoms with Gasteiger partial charge < -0.3 is 20.7 Å². The van der Waals surface area contributed by atoms with Crippen LogP contribution in [0, 0.1) is 5.92 Å². The van der Waals surface area contributed by atoms with Crippen LogP contribution in [0.5, 0.6) is 5.75 Å². The molecule has 112 valence electrons. The molecule has 0 aromatic heterocycles. The number of nitrogens with two attached hydrogens (primary N) is 1. The van der Waals surface area contributed by atoms with Gasteiger partial charge in [-0.2, -0.15) is 0 Å². The average molecular weight is 289 g/mol. The summed E-state index contributed by atoms with van der Waals surface area (Å²) in [6.45, 7) is 3.66. The van der Waals surface area contributed by atoms with E-state index in [2.05, 4.69) is 5.32 Å². The van der Waals surface area contributed by atoms with Crippen molar-refractivity contribution in [2.45, 2.75) is 19.4 Å². The molecule has 6 nitrogen and oxygen atoms in total. The predicted octanol–water partition coefficient (Wildman–Crippen LogP) is 0.827. The summed E-state index contributed by atoms with van der Waals surface area (Å²) in [5, 5.41) is 2.76. The van der Waals surface area contributed by atoms with Crippen molar-refractivity contribution in [3.05, 3.63) is 23.8 Å². The van der Waals surface area contributed by atoms with Crippen molar-refractivity contribution in [1.29, 1.82) is 0 Å². The Morgan fingerprint density at radius 1 is 1.52 bits per heavy atom. The third-order valence-corrected chi connectivity index (χ3v) is 4.07. The lowest BCUT2D eigenvalue weighted by molar-refractivity contribution is -0.122. The third kappa shape index (κ3) is 2.47. The molecule has 6 heteroatoms. The van der Waals surface area contributed by atoms with Crippen molar-refractivity contribution in [3.63, 3.8) is 0 Å². The number of para-hydroxylation sites is 1. The Labute approximate surface area is 123 Å². The number of hydrogen-bond acceptors (Lipinski definition) is 4. The summed E-state index contributed by atoms with van der Waals surface area (Å²) in [5.74, 6) is 0.571. The van der Waals surface area contributed by atoms with Crippen LogP contribution in [0.4, 0.5) is 5.69 Å². The van der Waals surface area contributed by atoms with E-state index in [-0.39, 0.29) is 11.8 Å². The van der Waals surface area contributed by atoms with Gasteiger partial charge in [0.05, 0.1) is 11.3 Å². The normalized spacial score (nSPS) is 24.3. The van der Waals surface area contributed by atoms with E-state index < -0.39 is 6.10 Å². The molecule has 0 aliphatic carbocycles. The Morgan fingerprint density at radius 3 is 3.05 bits per heavy atom. The second-order valence-electron chi connectivity index (χ2n) is 5.57. The molecule has 0 bridgehead atoms. The van der Waals surface area contributed by atoms with Gasteiger partial charge in [0.25, 0.3) is 11.8 Å². The number of anilines is 1. The molecule has 2 aliphatic heterocycles. The summed E-state index contributed by atoms with van der Waals surface area (Å²) in [4.78, 5) is 26.1. The molecular formula is C15H19N3O3. The molecule has 2 amide bonds. The van der Waals surface area contributed by atoms with Gasteiger partial charge in [0.2, 0.25) is 0 Å². The highest BCUT2D eigenvalue weighted by molar-refractivity contribution is 6.04. The maximum absolute atomic E-state index is 12.7. The molecule has 2 aliphatic rings. The molecule has 2 heterocycles. The number of carbonyl (C=O) groups is 2. The summed E-state index contributed by atoms with van der Waals surface area (Å²) >= 11 is 0. The van der Waals surface area contributed by atoms with Crippen LogP contribution in [0.2, 0.25) is 0 Å². The number of benzene rings is 1. The highest BCUT2D eigenvalue weighted by Gasteiger charge is 2.31. The highest BCUT2D eigenvalue weighted by atomic mass is 16.5. The van der Waals surface area contributed by atoms with Crippen molar-refractivity contribution in [2.24, 2.45) is 11.7 Å². The van der Waals surface area contributed by atoms with Gasteiger partial charge in [-0.05, 0) is 37.9 Å². The zero-order valence-electron chi connectivity index (χ0n) is 12.0. The Morgan fingerprint density at radius 2 is 2.33 bits per heavy atom. The predicted molar refractivity (Wildman–Crippen MR) is 78.2 cm³/mol. The van der Waals surface area contributed by atoms with E-state index in [4.69, 9.17) is 10.5 Å². The van der Waals surface area contributed by atoms with Gasteiger partial charge in [-0.3, -0.25) is 9.59 Å². The molecule has 2 atom stereocenters. The Balaban J connectivity index is 1.88. The van der Waals surface area contributed by atoms with Gasteiger partial charge in [-0.15, -0.1) is 0 Å². The van der Waals surface area contributed by atoms with E-state index in [0.717, 1.165) is 6.42 Å². The number of carbonyl (C=O) groups excluding carboxylic acids is 2. The number of rotatable bonds is 2. The first-order valence-corrected chi connectivity index (χ1v) is 7.20. The van der Waals surface area contributed by atoms with Crippen LogP contribution in [0.1, 0.15) is 23.7 Å². The second-order valence-corrected chi connectivity index (χ2v) is 5.57. The van der Waals surface area contributed by atoms with Gasteiger partial charge in [-0.1, -0.05) is 6.07 Å². The van der Waals surface area contributed by atoms with Crippen LogP contribution in [0.3, 0.4) is 0 Å². The van der Waals surface area contributed by atoms with E-state index in [1.54, 1.807) is 30.0 Å². The summed E-state index contributed by atoms with van der Waals surface area (Å²) < 4.78 is 5.62. The number of ether oxygens (including phenoxy) is 1. The molecule has 0 saturated carbocycles. The zero-order chi connectivity index (χ0) is 15.0. The van der Waals surface area contributed by atoms with Crippen molar-refractivity contribution < 1.29 is 14.3 Å². The summed E-state index contributed by atoms with van der Waals surface area (Å²) in [7, 11) is 0. The number of amides is 2. The number of fused-ring (bicyclic) bond motifs is 1. The largest absolute Gasteiger partial charge is 0.478 e. The zero-order valence-corrected chi connectivity index (χ0v) is 12.0. The molecule has 0 spiro atoms. The summed E-state index contributed by atoms with van der Waals surface area (Å²) in [6, 6.07) is 5.23. The number of nitrogens with zero attached hydrogens (tertiary/aromatic N) is 1. The van der Waals surface area contributed by atoms with Gasteiger partial charge in [0.15, 0.2) is 11.9 Å². The smallest absolute Gasteiger partial charge is 0.265 e. The first-order chi connectivity index (χ1) is 10.1. The maximum Gasteiger partial charge on any atom is 0.265 e. The quantitative estimate of drug-likeness (QED) is 0.844. The van der Waals surface area contributed by atoms with Crippen LogP contribution in [-0.2, 0) is 4.79 Å². The first kappa shape index (κ1) is 13.9. The Hall–Kier alpha value is -2.08. The molecule has 1 aromatic carbocycles. The highest BCUT2D eigenvalue weighted by Crippen LogP contribution is 2.34. The summed E-state index contributed by atoms with van der Waals surface area (Å²) in [5.41, 5.74) is 6.72. The lowest BCUT2D eigenvalue weighted by Gasteiger charge is -2.26. The fourth-order valence-electron chi connectivity index (χ4n) is 2.78. The Bertz CT molecular complexity index is 588. The van der Waals surface area contributed by atoms with E-state index >= 15 is 0 Å². The molecular weight excluding hydrogens is 270 g/mol. The topological polar surface area (TPSA) is 84.7 Å². The molecule has 2 unspecified atom stereocenters. The van der Waals surface area contributed by atoms with E-state index in [9.17, 15) is 9.59 Å². The standard InChI is InChI=1S/C15H19N3O3/c1-9-14(19)17-12-4-2-3-11(13(12)21-9)15(20)18-6-5-10(7-16)8-18/h2-4,9-10H,5-8,16H2,1H3,(H,17,19). The van der Waals surface area contributed by atoms with Crippen LogP contribution in [0.15, 0.2) is 18.2 Å². The van der Waals surface area contributed by atoms with Gasteiger partial charge in [0, 0.05) is 13.1 Å². The van der Waals surface area contributed by atoms with Gasteiger partial charge >= 0.3 is 0 Å². The molecule has 1 saturated heterocycles. The summed E-state index contributed by atoms with van der Waals surface area (Å²) in [6.07, 6.45) is 0.340. The minimum atomic E-state index is -0.596. The van der Waals surface area contributed by atoms with Crippen molar-refractivity contribution in [1.82, 2.24) is 4.90 Å². The fraction of sp³-hybridized carbons (Fsp3) is 0.467. The van der Waals surface area contributed by atoms with E-state index in [1.807, 2.05) is 0 Å². The molecule has 0 radical (unpaired) electrons. The fourth-order valence-corrected chi connectivity index (χ4v) is 2.78. The lowest BCUT2D eigenvalue weighted by Crippen LogP contribution is -2.36. The first-order valence-electron chi connectivity index (χ1n) is 7.20. The van der Waals surface area contributed by atoms with Crippen molar-refractivity contribution in [2.75, 3.05) is 25.0 Å². The SMILES string of the molecule is CC1Oc2c(cccc2C(=O)N2CCC(CN)C2)NC1=O. The number of likely N-dealkylation sites (tertiary alicyclic amines) is 1. The van der Waals surface area contributed by atoms with Crippen LogP contribution in [0.25, 0.3) is 0 Å². The number of nitrogens with one attached hydrogen (secondary N) is 1. The van der Waals surface area contributed by atoms with Crippen molar-refractivity contribution >= 4 is 17.5 Å². The van der Waals surface area contributed by atoms with Gasteiger partial charge in [0.1, 0.15) is 0 Å². The minimum Gasteiger partial charge on any atom is -0.478 e. The second kappa shape index (κ2) is 5.37. The van der Waals surface area contributed by atoms with Crippen LogP contribution < -0.4 is 15.8 Å². The monoisotopic (exact) mass is 289 g/mol. The van der Waals surface area contributed by atoms with Crippen LogP contribution in [-0.4, -0.2) is 42.5 Å². The minimum absolute atomic E-state index is 0.0638. The molecule has 1 fully saturated rings. The number of hydrogen-bond donors (Lipinski definition) is 2. The molecule has 3 N–H and O–H groups in total. The average Bonchev–Trinajstić information content (AvgIpc) is 2.96. The van der Waals surface area contributed by atoms with E-state index in [0.29, 0.717) is 42.6 Å². The van der Waals surface area contributed by atoms with E-state index in [1.165, 1.54) is 0 Å². The Kier molecular flexibility index (Phi) is 3.55. The molecule has 3 rings (SSSR count). The maximum atomic E-state index is 12.7. The molecule has 1 aromatic rings. The lowest BCUT2D eigenvalue weighted by atomic mass is 10.1.